The van der Waals surface area contributed by atoms with Crippen LogP contribution in [0.1, 0.15) is 31.2 Å². The number of rotatable bonds is 9. The van der Waals surface area contributed by atoms with Gasteiger partial charge in [-0.05, 0) is 37.1 Å². The van der Waals surface area contributed by atoms with Gasteiger partial charge in [-0.3, -0.25) is 9.59 Å². The van der Waals surface area contributed by atoms with Gasteiger partial charge in [0.15, 0.2) is 0 Å². The number of amides is 1. The maximum atomic E-state index is 11.8. The summed E-state index contributed by atoms with van der Waals surface area (Å²) in [6.45, 7) is 0.583. The maximum absolute atomic E-state index is 11.8. The van der Waals surface area contributed by atoms with Gasteiger partial charge in [0.1, 0.15) is 5.75 Å². The maximum Gasteiger partial charge on any atom is 0.305 e. The first kappa shape index (κ1) is 19.2. The van der Waals surface area contributed by atoms with Gasteiger partial charge in [-0.1, -0.05) is 22.4 Å². The normalized spacial score (nSPS) is 10.6. The number of benzene rings is 1. The third-order valence-electron chi connectivity index (χ3n) is 3.19. The van der Waals surface area contributed by atoms with Crippen LogP contribution in [-0.2, 0) is 14.3 Å². The first-order valence-corrected chi connectivity index (χ1v) is 8.22. The Bertz CT molecular complexity index is 558. The molecule has 0 heterocycles. The fraction of sp³-hybridized carbons (Fsp3) is 0.412. The van der Waals surface area contributed by atoms with Crippen LogP contribution < -0.4 is 10.1 Å². The van der Waals surface area contributed by atoms with Crippen LogP contribution in [0.15, 0.2) is 28.7 Å². The van der Waals surface area contributed by atoms with Crippen molar-refractivity contribution in [2.75, 3.05) is 20.8 Å². The molecule has 0 unspecified atom stereocenters. The Hall–Kier alpha value is -1.82. The number of methoxy groups -OCH3 is 2. The van der Waals surface area contributed by atoms with E-state index in [1.54, 1.807) is 13.2 Å². The van der Waals surface area contributed by atoms with E-state index in [0.717, 1.165) is 29.3 Å². The van der Waals surface area contributed by atoms with Gasteiger partial charge in [0.2, 0.25) is 5.91 Å². The van der Waals surface area contributed by atoms with Gasteiger partial charge in [0.05, 0.1) is 14.2 Å². The van der Waals surface area contributed by atoms with Crippen LogP contribution in [0, 0.1) is 0 Å². The zero-order valence-electron chi connectivity index (χ0n) is 13.4. The number of halogens is 1. The number of ether oxygens (including phenoxy) is 2. The summed E-state index contributed by atoms with van der Waals surface area (Å²) in [6, 6.07) is 5.60. The summed E-state index contributed by atoms with van der Waals surface area (Å²) in [6.07, 6.45) is 6.10. The van der Waals surface area contributed by atoms with Gasteiger partial charge in [0.25, 0.3) is 0 Å². The summed E-state index contributed by atoms with van der Waals surface area (Å²) in [4.78, 5) is 22.7. The molecule has 1 rings (SSSR count). The molecule has 0 spiro atoms. The van der Waals surface area contributed by atoms with Gasteiger partial charge < -0.3 is 14.8 Å². The number of esters is 1. The van der Waals surface area contributed by atoms with Crippen molar-refractivity contribution in [3.05, 3.63) is 34.3 Å². The van der Waals surface area contributed by atoms with Crippen LogP contribution in [-0.4, -0.2) is 32.6 Å². The minimum absolute atomic E-state index is 0.153. The van der Waals surface area contributed by atoms with E-state index in [1.165, 1.54) is 13.2 Å². The number of unbranched alkanes of at least 4 members (excludes halogenated alkanes) is 2. The van der Waals surface area contributed by atoms with Crippen molar-refractivity contribution in [2.24, 2.45) is 0 Å². The minimum Gasteiger partial charge on any atom is -0.496 e. The van der Waals surface area contributed by atoms with Gasteiger partial charge in [-0.2, -0.15) is 0 Å². The molecule has 0 atom stereocenters. The first-order chi connectivity index (χ1) is 11.1. The van der Waals surface area contributed by atoms with E-state index < -0.39 is 0 Å². The molecule has 0 aliphatic heterocycles. The molecular formula is C17H22BrNO4. The molecule has 1 aromatic rings. The zero-order valence-corrected chi connectivity index (χ0v) is 15.0. The Morgan fingerprint density at radius 2 is 2.00 bits per heavy atom. The SMILES string of the molecule is COC(=O)CCCCCNC(=O)/C=C/c1cc(Br)ccc1OC. The molecular weight excluding hydrogens is 362 g/mol. The standard InChI is InChI=1S/C17H22BrNO4/c1-22-15-9-8-14(18)12-13(15)7-10-16(20)19-11-5-3-4-6-17(21)23-2/h7-10,12H,3-6,11H2,1-2H3,(H,19,20)/b10-7+. The van der Waals surface area contributed by atoms with Gasteiger partial charge in [-0.25, -0.2) is 0 Å². The predicted molar refractivity (Wildman–Crippen MR) is 93.2 cm³/mol. The van der Waals surface area contributed by atoms with Crippen molar-refractivity contribution in [1.29, 1.82) is 0 Å². The molecule has 0 radical (unpaired) electrons. The Labute approximate surface area is 145 Å². The summed E-state index contributed by atoms with van der Waals surface area (Å²) >= 11 is 3.39. The molecule has 0 aromatic heterocycles. The van der Waals surface area contributed by atoms with Crippen LogP contribution in [0.3, 0.4) is 0 Å². The van der Waals surface area contributed by atoms with Crippen molar-refractivity contribution >= 4 is 33.9 Å². The second kappa shape index (κ2) is 10.8. The summed E-state index contributed by atoms with van der Waals surface area (Å²) < 4.78 is 10.7. The van der Waals surface area contributed by atoms with Crippen molar-refractivity contribution in [2.45, 2.75) is 25.7 Å². The lowest BCUT2D eigenvalue weighted by molar-refractivity contribution is -0.140. The van der Waals surface area contributed by atoms with E-state index in [4.69, 9.17) is 4.74 Å². The average molecular weight is 384 g/mol. The lowest BCUT2D eigenvalue weighted by Gasteiger charge is -2.05. The monoisotopic (exact) mass is 383 g/mol. The molecule has 5 nitrogen and oxygen atoms in total. The minimum atomic E-state index is -0.195. The predicted octanol–water partition coefficient (Wildman–Crippen LogP) is 3.32. The Kier molecular flexibility index (Phi) is 9.05. The molecule has 0 saturated carbocycles. The van der Waals surface area contributed by atoms with Crippen molar-refractivity contribution in [3.8, 4) is 5.75 Å². The van der Waals surface area contributed by atoms with Crippen molar-refractivity contribution in [3.63, 3.8) is 0 Å². The Morgan fingerprint density at radius 3 is 2.70 bits per heavy atom. The third-order valence-corrected chi connectivity index (χ3v) is 3.68. The fourth-order valence-corrected chi connectivity index (χ4v) is 2.32. The molecule has 0 aliphatic rings. The Balaban J connectivity index is 2.31. The number of nitrogens with one attached hydrogen (secondary N) is 1. The highest BCUT2D eigenvalue weighted by molar-refractivity contribution is 9.10. The molecule has 0 saturated heterocycles. The molecule has 23 heavy (non-hydrogen) atoms. The summed E-state index contributed by atoms with van der Waals surface area (Å²) in [5.74, 6) is 0.361. The topological polar surface area (TPSA) is 64.6 Å². The van der Waals surface area contributed by atoms with E-state index in [9.17, 15) is 9.59 Å². The molecule has 1 N–H and O–H groups in total. The average Bonchev–Trinajstić information content (AvgIpc) is 2.55. The van der Waals surface area contributed by atoms with E-state index in [-0.39, 0.29) is 11.9 Å². The number of hydrogen-bond acceptors (Lipinski definition) is 4. The molecule has 6 heteroatoms. The Morgan fingerprint density at radius 1 is 1.22 bits per heavy atom. The summed E-state index contributed by atoms with van der Waals surface area (Å²) in [5, 5.41) is 2.81. The van der Waals surface area contributed by atoms with E-state index >= 15 is 0 Å². The smallest absolute Gasteiger partial charge is 0.305 e. The number of carbonyl (C=O) groups excluding carboxylic acids is 2. The quantitative estimate of drug-likeness (QED) is 0.403. The van der Waals surface area contributed by atoms with Crippen molar-refractivity contribution < 1.29 is 19.1 Å². The fourth-order valence-electron chi connectivity index (χ4n) is 1.94. The van der Waals surface area contributed by atoms with E-state index in [1.807, 2.05) is 18.2 Å². The highest BCUT2D eigenvalue weighted by Gasteiger charge is 2.02. The molecule has 0 fully saturated rings. The van der Waals surface area contributed by atoms with Crippen LogP contribution >= 0.6 is 15.9 Å². The largest absolute Gasteiger partial charge is 0.496 e. The van der Waals surface area contributed by atoms with Gasteiger partial charge >= 0.3 is 5.97 Å². The van der Waals surface area contributed by atoms with Crippen LogP contribution in [0.2, 0.25) is 0 Å². The molecule has 126 valence electrons. The van der Waals surface area contributed by atoms with Gasteiger partial charge in [-0.15, -0.1) is 0 Å². The molecule has 0 aliphatic carbocycles. The van der Waals surface area contributed by atoms with E-state index in [0.29, 0.717) is 18.7 Å². The van der Waals surface area contributed by atoms with Crippen LogP contribution in [0.4, 0.5) is 0 Å². The first-order valence-electron chi connectivity index (χ1n) is 7.43. The molecule has 0 bridgehead atoms. The molecule has 1 amide bonds. The lowest BCUT2D eigenvalue weighted by atomic mass is 10.2. The zero-order chi connectivity index (χ0) is 17.1. The second-order valence-electron chi connectivity index (χ2n) is 4.90. The van der Waals surface area contributed by atoms with Gasteiger partial charge in [0, 0.05) is 29.1 Å². The lowest BCUT2D eigenvalue weighted by Crippen LogP contribution is -2.22. The van der Waals surface area contributed by atoms with E-state index in [2.05, 4.69) is 26.0 Å². The summed E-state index contributed by atoms with van der Waals surface area (Å²) in [5.41, 5.74) is 0.829. The number of hydrogen-bond donors (Lipinski definition) is 1. The molecule has 1 aromatic carbocycles. The van der Waals surface area contributed by atoms with Crippen molar-refractivity contribution in [1.82, 2.24) is 5.32 Å². The highest BCUT2D eigenvalue weighted by atomic mass is 79.9. The van der Waals surface area contributed by atoms with Crippen LogP contribution in [0.25, 0.3) is 6.08 Å². The second-order valence-corrected chi connectivity index (χ2v) is 5.81. The third kappa shape index (κ3) is 7.83. The highest BCUT2D eigenvalue weighted by Crippen LogP contribution is 2.23. The number of carbonyl (C=O) groups is 2. The van der Waals surface area contributed by atoms with Crippen LogP contribution in [0.5, 0.6) is 5.75 Å². The summed E-state index contributed by atoms with van der Waals surface area (Å²) in [7, 11) is 2.98.